The Kier molecular flexibility index (Phi) is 9.19. The van der Waals surface area contributed by atoms with Crippen molar-refractivity contribution in [3.8, 4) is 0 Å². The van der Waals surface area contributed by atoms with Crippen LogP contribution in [0.4, 0.5) is 0 Å². The molecule has 0 aromatic heterocycles. The molecule has 0 atom stereocenters. The van der Waals surface area contributed by atoms with E-state index in [0.717, 1.165) is 83.7 Å². The molecule has 2 N–H and O–H groups in total. The van der Waals surface area contributed by atoms with Crippen LogP contribution in [0.25, 0.3) is 32.3 Å². The molecule has 0 saturated carbocycles. The van der Waals surface area contributed by atoms with Crippen molar-refractivity contribution in [2.24, 2.45) is 0 Å². The largest absolute Gasteiger partial charge is 0.448 e. The number of sulfonamides is 1. The minimum atomic E-state index is -4.72. The normalized spacial score (nSPS) is 12.6. The van der Waals surface area contributed by atoms with Crippen molar-refractivity contribution in [2.45, 2.75) is 69.1 Å². The minimum absolute atomic E-state index is 0.0374. The molecule has 0 aliphatic heterocycles. The maximum absolute atomic E-state index is 13.2. The molecule has 0 radical (unpaired) electrons. The van der Waals surface area contributed by atoms with Gasteiger partial charge in [-0.2, -0.15) is 8.42 Å². The number of hydrogen-bond donors (Lipinski definition) is 2. The van der Waals surface area contributed by atoms with Crippen LogP contribution in [-0.4, -0.2) is 33.9 Å². The van der Waals surface area contributed by atoms with E-state index in [0.29, 0.717) is 17.9 Å². The van der Waals surface area contributed by atoms with Crippen LogP contribution in [0.2, 0.25) is 0 Å². The maximum atomic E-state index is 13.2. The lowest BCUT2D eigenvalue weighted by Gasteiger charge is -2.14. The van der Waals surface area contributed by atoms with Gasteiger partial charge in [0.2, 0.25) is 10.0 Å². The third-order valence-corrected chi connectivity index (χ3v) is 8.74. The highest BCUT2D eigenvalue weighted by molar-refractivity contribution is 7.89. The van der Waals surface area contributed by atoms with Gasteiger partial charge in [-0.25, -0.2) is 13.1 Å². The first-order chi connectivity index (χ1) is 18.2. The predicted octanol–water partition coefficient (Wildman–Crippen LogP) is 6.11. The number of unbranched alkanes of at least 4 members (excludes halogenated alkanes) is 8. The van der Waals surface area contributed by atoms with Gasteiger partial charge in [-0.1, -0.05) is 93.5 Å². The highest BCUT2D eigenvalue weighted by Crippen LogP contribution is 2.37. The van der Waals surface area contributed by atoms with E-state index in [1.165, 1.54) is 0 Å². The van der Waals surface area contributed by atoms with Crippen molar-refractivity contribution >= 4 is 58.7 Å². The zero-order chi connectivity index (χ0) is 27.2. The summed E-state index contributed by atoms with van der Waals surface area (Å²) in [4.78, 5) is 11.5. The Bertz CT molecular complexity index is 1600. The van der Waals surface area contributed by atoms with E-state index in [1.54, 1.807) is 6.07 Å². The van der Waals surface area contributed by atoms with E-state index in [2.05, 4.69) is 27.1 Å². The molecular weight excluding hydrogens is 526 g/mol. The Balaban J connectivity index is 1.17. The van der Waals surface area contributed by atoms with E-state index in [4.69, 9.17) is 4.55 Å². The third kappa shape index (κ3) is 7.19. The molecule has 0 heterocycles. The van der Waals surface area contributed by atoms with Crippen LogP contribution in [0.15, 0.2) is 59.5 Å². The SMILES string of the molecule is O=C(CCCCCCCCCCCNS(=O)(=O)c1ccc2ccc3cccc4ccc1c2c34)OS(=O)(=O)O. The van der Waals surface area contributed by atoms with Crippen LogP contribution in [0, 0.1) is 0 Å². The number of rotatable bonds is 15. The molecule has 38 heavy (non-hydrogen) atoms. The average molecular weight is 560 g/mol. The predicted molar refractivity (Wildman–Crippen MR) is 149 cm³/mol. The topological polar surface area (TPSA) is 127 Å². The summed E-state index contributed by atoms with van der Waals surface area (Å²) < 4.78 is 62.3. The summed E-state index contributed by atoms with van der Waals surface area (Å²) >= 11 is 0. The second kappa shape index (κ2) is 12.4. The van der Waals surface area contributed by atoms with Crippen molar-refractivity contribution in [3.63, 3.8) is 0 Å². The molecule has 4 aromatic carbocycles. The molecule has 204 valence electrons. The lowest BCUT2D eigenvalue weighted by atomic mass is 9.94. The van der Waals surface area contributed by atoms with Crippen LogP contribution in [-0.2, 0) is 29.4 Å². The van der Waals surface area contributed by atoms with Gasteiger partial charge >= 0.3 is 16.4 Å². The number of nitrogens with one attached hydrogen (secondary N) is 1. The summed E-state index contributed by atoms with van der Waals surface area (Å²) in [5, 5.41) is 6.06. The van der Waals surface area contributed by atoms with E-state index in [1.807, 2.05) is 30.3 Å². The Morgan fingerprint density at radius 3 is 1.84 bits per heavy atom. The van der Waals surface area contributed by atoms with E-state index < -0.39 is 26.4 Å². The van der Waals surface area contributed by atoms with Crippen molar-refractivity contribution in [3.05, 3.63) is 54.6 Å². The van der Waals surface area contributed by atoms with Gasteiger partial charge < -0.3 is 4.18 Å². The standard InChI is InChI=1S/C28H33NO7S2/c30-26(36-38(33,34)35)13-8-6-4-2-1-3-5-7-9-20-29-37(31,32)25-19-17-23-15-14-21-11-10-12-22-16-18-24(25)28(23)27(21)22/h10-12,14-19,29H,1-9,13,20H2,(H,33,34,35). The van der Waals surface area contributed by atoms with E-state index >= 15 is 0 Å². The van der Waals surface area contributed by atoms with Crippen LogP contribution < -0.4 is 4.72 Å². The van der Waals surface area contributed by atoms with Gasteiger partial charge in [0.25, 0.3) is 0 Å². The second-order valence-electron chi connectivity index (χ2n) is 9.63. The number of carbonyl (C=O) groups is 1. The molecule has 0 unspecified atom stereocenters. The van der Waals surface area contributed by atoms with Gasteiger partial charge in [0, 0.05) is 18.4 Å². The summed E-state index contributed by atoms with van der Waals surface area (Å²) in [7, 11) is -8.36. The molecule has 0 fully saturated rings. The fraction of sp³-hybridized carbons (Fsp3) is 0.393. The molecule has 4 aromatic rings. The molecule has 0 amide bonds. The number of hydrogen-bond acceptors (Lipinski definition) is 6. The summed E-state index contributed by atoms with van der Waals surface area (Å²) in [5.41, 5.74) is 0. The first kappa shape index (κ1) is 28.2. The number of carbonyl (C=O) groups excluding carboxylic acids is 1. The fourth-order valence-electron chi connectivity index (χ4n) is 5.02. The van der Waals surface area contributed by atoms with Crippen LogP contribution in [0.5, 0.6) is 0 Å². The van der Waals surface area contributed by atoms with Crippen molar-refractivity contribution in [2.75, 3.05) is 6.54 Å². The lowest BCUT2D eigenvalue weighted by Crippen LogP contribution is -2.25. The molecule has 8 nitrogen and oxygen atoms in total. The Hall–Kier alpha value is -2.79. The van der Waals surface area contributed by atoms with Crippen molar-refractivity contribution in [1.82, 2.24) is 4.72 Å². The van der Waals surface area contributed by atoms with Crippen LogP contribution in [0.1, 0.15) is 64.2 Å². The van der Waals surface area contributed by atoms with E-state index in [9.17, 15) is 21.6 Å². The second-order valence-corrected chi connectivity index (χ2v) is 12.4. The maximum Gasteiger partial charge on any atom is 0.448 e. The summed E-state index contributed by atoms with van der Waals surface area (Å²) in [5.74, 6) is -0.942. The van der Waals surface area contributed by atoms with Crippen LogP contribution >= 0.6 is 0 Å². The van der Waals surface area contributed by atoms with Gasteiger partial charge in [0.05, 0.1) is 4.90 Å². The van der Waals surface area contributed by atoms with E-state index in [-0.39, 0.29) is 6.42 Å². The molecule has 0 bridgehead atoms. The highest BCUT2D eigenvalue weighted by atomic mass is 32.3. The molecular formula is C28H33NO7S2. The highest BCUT2D eigenvalue weighted by Gasteiger charge is 2.19. The smallest absolute Gasteiger partial charge is 0.325 e. The van der Waals surface area contributed by atoms with Gasteiger partial charge in [0.1, 0.15) is 0 Å². The monoisotopic (exact) mass is 559 g/mol. The number of benzene rings is 4. The lowest BCUT2D eigenvalue weighted by molar-refractivity contribution is -0.134. The first-order valence-electron chi connectivity index (χ1n) is 13.0. The molecule has 10 heteroatoms. The van der Waals surface area contributed by atoms with Gasteiger partial charge in [-0.15, -0.1) is 0 Å². The molecule has 0 aliphatic rings. The Morgan fingerprint density at radius 1 is 0.684 bits per heavy atom. The van der Waals surface area contributed by atoms with Gasteiger partial charge in [-0.3, -0.25) is 9.35 Å². The van der Waals surface area contributed by atoms with Gasteiger partial charge in [0.15, 0.2) is 0 Å². The summed E-state index contributed by atoms with van der Waals surface area (Å²) in [6, 6.07) is 17.7. The molecule has 0 spiro atoms. The fourth-order valence-corrected chi connectivity index (χ4v) is 6.61. The van der Waals surface area contributed by atoms with Crippen LogP contribution in [0.3, 0.4) is 0 Å². The summed E-state index contributed by atoms with van der Waals surface area (Å²) in [6.07, 6.45) is 8.00. The zero-order valence-electron chi connectivity index (χ0n) is 21.2. The first-order valence-corrected chi connectivity index (χ1v) is 15.9. The van der Waals surface area contributed by atoms with Gasteiger partial charge in [-0.05, 0) is 45.8 Å². The Labute approximate surface area is 223 Å². The summed E-state index contributed by atoms with van der Waals surface area (Å²) in [6.45, 7) is 0.393. The average Bonchev–Trinajstić information content (AvgIpc) is 2.86. The molecule has 0 aliphatic carbocycles. The quantitative estimate of drug-likeness (QED) is 0.102. The Morgan fingerprint density at radius 2 is 1.21 bits per heavy atom. The third-order valence-electron chi connectivity index (χ3n) is 6.83. The molecule has 0 saturated heterocycles. The van der Waals surface area contributed by atoms with Crippen molar-refractivity contribution in [1.29, 1.82) is 0 Å². The minimum Gasteiger partial charge on any atom is -0.325 e. The zero-order valence-corrected chi connectivity index (χ0v) is 22.8. The van der Waals surface area contributed by atoms with Crippen molar-refractivity contribution < 1.29 is 30.4 Å². The molecule has 4 rings (SSSR count).